The first-order valence-corrected chi connectivity index (χ1v) is 8.96. The van der Waals surface area contributed by atoms with Crippen LogP contribution in [0.2, 0.25) is 0 Å². The molecule has 1 N–H and O–H groups in total. The Morgan fingerprint density at radius 2 is 2.00 bits per heavy atom. The Morgan fingerprint density at radius 1 is 1.29 bits per heavy atom. The second kappa shape index (κ2) is 6.37. The lowest BCUT2D eigenvalue weighted by molar-refractivity contribution is 0.422. The first-order valence-electron chi connectivity index (χ1n) is 6.69. The summed E-state index contributed by atoms with van der Waals surface area (Å²) in [5.41, 5.74) is 0. The van der Waals surface area contributed by atoms with Crippen LogP contribution in [0, 0.1) is 5.92 Å². The van der Waals surface area contributed by atoms with Crippen molar-refractivity contribution in [1.82, 2.24) is 5.32 Å². The first kappa shape index (κ1) is 13.6. The molecule has 98 valence electrons. The molecule has 1 aliphatic heterocycles. The van der Waals surface area contributed by atoms with Crippen molar-refractivity contribution in [1.29, 1.82) is 0 Å². The Morgan fingerprint density at radius 3 is 2.53 bits per heavy atom. The molecule has 0 aromatic heterocycles. The highest BCUT2D eigenvalue weighted by Gasteiger charge is 2.25. The number of rotatable bonds is 3. The van der Waals surface area contributed by atoms with Gasteiger partial charge in [-0.05, 0) is 37.9 Å². The summed E-state index contributed by atoms with van der Waals surface area (Å²) in [6, 6.07) is 1.21. The number of hydrogen-bond donors (Lipinski definition) is 1. The van der Waals surface area contributed by atoms with Gasteiger partial charge in [0, 0.05) is 17.0 Å². The lowest BCUT2D eigenvalue weighted by Crippen LogP contribution is -2.36. The van der Waals surface area contributed by atoms with Gasteiger partial charge in [0.2, 0.25) is 0 Å². The standard InChI is InChI=1S/C13H24N2S2/c1-9(2)12-8-17-13(15-12)14-10-4-6-11(16-3)7-5-10/h9-12H,4-8H2,1-3H3,(H,14,15). The Balaban J connectivity index is 1.77. The summed E-state index contributed by atoms with van der Waals surface area (Å²) >= 11 is 3.94. The average Bonchev–Trinajstić information content (AvgIpc) is 2.79. The van der Waals surface area contributed by atoms with Crippen molar-refractivity contribution in [2.75, 3.05) is 12.0 Å². The van der Waals surface area contributed by atoms with Gasteiger partial charge in [-0.25, -0.2) is 0 Å². The summed E-state index contributed by atoms with van der Waals surface area (Å²) in [5, 5.41) is 5.75. The number of thioether (sulfide) groups is 2. The van der Waals surface area contributed by atoms with Crippen LogP contribution < -0.4 is 5.32 Å². The van der Waals surface area contributed by atoms with Gasteiger partial charge < -0.3 is 5.32 Å². The fourth-order valence-corrected chi connectivity index (χ4v) is 4.42. The Hall–Kier alpha value is 0.170. The molecule has 0 amide bonds. The van der Waals surface area contributed by atoms with Gasteiger partial charge in [-0.3, -0.25) is 4.99 Å². The molecule has 0 radical (unpaired) electrons. The Bertz CT molecular complexity index is 271. The maximum absolute atomic E-state index is 4.78. The van der Waals surface area contributed by atoms with Gasteiger partial charge >= 0.3 is 0 Å². The van der Waals surface area contributed by atoms with Crippen LogP contribution in [0.1, 0.15) is 39.5 Å². The number of nitrogens with zero attached hydrogens (tertiary/aromatic N) is 1. The van der Waals surface area contributed by atoms with E-state index in [1.54, 1.807) is 0 Å². The molecule has 1 fully saturated rings. The predicted molar refractivity (Wildman–Crippen MR) is 81.2 cm³/mol. The van der Waals surface area contributed by atoms with Gasteiger partial charge in [0.25, 0.3) is 0 Å². The lowest BCUT2D eigenvalue weighted by atomic mass is 9.95. The largest absolute Gasteiger partial charge is 0.362 e. The highest BCUT2D eigenvalue weighted by Crippen LogP contribution is 2.28. The van der Waals surface area contributed by atoms with E-state index in [9.17, 15) is 0 Å². The number of nitrogens with one attached hydrogen (secondary N) is 1. The molecule has 1 unspecified atom stereocenters. The van der Waals surface area contributed by atoms with Crippen molar-refractivity contribution in [3.05, 3.63) is 0 Å². The van der Waals surface area contributed by atoms with Gasteiger partial charge in [0.05, 0.1) is 6.04 Å². The summed E-state index contributed by atoms with van der Waals surface area (Å²) in [4.78, 5) is 4.78. The molecule has 2 rings (SSSR count). The van der Waals surface area contributed by atoms with Crippen LogP contribution in [0.5, 0.6) is 0 Å². The van der Waals surface area contributed by atoms with Crippen LogP contribution in [0.3, 0.4) is 0 Å². The Kier molecular flexibility index (Phi) is 5.10. The van der Waals surface area contributed by atoms with Crippen molar-refractivity contribution in [2.24, 2.45) is 10.9 Å². The van der Waals surface area contributed by atoms with Crippen LogP contribution >= 0.6 is 23.5 Å². The van der Waals surface area contributed by atoms with Crippen molar-refractivity contribution < 1.29 is 0 Å². The molecule has 1 aliphatic carbocycles. The summed E-state index contributed by atoms with van der Waals surface area (Å²) in [6.45, 7) is 4.53. The van der Waals surface area contributed by atoms with Gasteiger partial charge in [-0.2, -0.15) is 11.8 Å². The number of aliphatic imine (C=N–C) groups is 1. The normalized spacial score (nSPS) is 33.9. The topological polar surface area (TPSA) is 24.4 Å². The zero-order valence-corrected chi connectivity index (χ0v) is 12.7. The lowest BCUT2D eigenvalue weighted by Gasteiger charge is -2.28. The molecule has 4 heteroatoms. The summed E-state index contributed by atoms with van der Waals surface area (Å²) in [7, 11) is 0. The van der Waals surface area contributed by atoms with Gasteiger partial charge in [0.15, 0.2) is 5.17 Å². The Labute approximate surface area is 114 Å². The van der Waals surface area contributed by atoms with E-state index in [0.717, 1.165) is 5.25 Å². The number of hydrogen-bond acceptors (Lipinski definition) is 4. The molecule has 1 heterocycles. The van der Waals surface area contributed by atoms with Crippen LogP contribution in [0.25, 0.3) is 0 Å². The quantitative estimate of drug-likeness (QED) is 0.852. The second-order valence-electron chi connectivity index (χ2n) is 5.41. The maximum atomic E-state index is 4.78. The molecular weight excluding hydrogens is 248 g/mol. The molecule has 2 nitrogen and oxygen atoms in total. The van der Waals surface area contributed by atoms with Crippen LogP contribution in [0.15, 0.2) is 4.99 Å². The van der Waals surface area contributed by atoms with E-state index in [1.807, 2.05) is 23.5 Å². The third-order valence-electron chi connectivity index (χ3n) is 3.78. The molecule has 0 bridgehead atoms. The highest BCUT2D eigenvalue weighted by atomic mass is 32.2. The maximum Gasteiger partial charge on any atom is 0.157 e. The number of amidine groups is 1. The fraction of sp³-hybridized carbons (Fsp3) is 0.923. The molecule has 17 heavy (non-hydrogen) atoms. The summed E-state index contributed by atoms with van der Waals surface area (Å²) in [6.07, 6.45) is 7.60. The second-order valence-corrected chi connectivity index (χ2v) is 7.56. The summed E-state index contributed by atoms with van der Waals surface area (Å²) in [5.74, 6) is 1.84. The van der Waals surface area contributed by atoms with Crippen molar-refractivity contribution in [2.45, 2.75) is 56.9 Å². The minimum absolute atomic E-state index is 0.532. The molecule has 0 saturated heterocycles. The summed E-state index contributed by atoms with van der Waals surface area (Å²) < 4.78 is 0. The van der Waals surface area contributed by atoms with Gasteiger partial charge in [-0.1, -0.05) is 25.6 Å². The van der Waals surface area contributed by atoms with Crippen LogP contribution in [-0.4, -0.2) is 34.5 Å². The third kappa shape index (κ3) is 3.82. The molecule has 0 spiro atoms. The van der Waals surface area contributed by atoms with Gasteiger partial charge in [-0.15, -0.1) is 0 Å². The molecule has 0 aromatic rings. The molecule has 0 aromatic carbocycles. The average molecular weight is 272 g/mol. The first-order chi connectivity index (χ1) is 8.19. The predicted octanol–water partition coefficient (Wildman–Crippen LogP) is 3.38. The SMILES string of the molecule is CSC1CCC(NC2=NC(C(C)C)CS2)CC1. The smallest absolute Gasteiger partial charge is 0.157 e. The van der Waals surface area contributed by atoms with Crippen molar-refractivity contribution >= 4 is 28.7 Å². The van der Waals surface area contributed by atoms with E-state index in [-0.39, 0.29) is 0 Å². The zero-order valence-electron chi connectivity index (χ0n) is 11.1. The zero-order chi connectivity index (χ0) is 12.3. The van der Waals surface area contributed by atoms with E-state index < -0.39 is 0 Å². The minimum Gasteiger partial charge on any atom is -0.362 e. The molecule has 1 atom stereocenters. The van der Waals surface area contributed by atoms with Crippen molar-refractivity contribution in [3.63, 3.8) is 0 Å². The van der Waals surface area contributed by atoms with Crippen LogP contribution in [-0.2, 0) is 0 Å². The monoisotopic (exact) mass is 272 g/mol. The molecular formula is C13H24N2S2. The van der Waals surface area contributed by atoms with Gasteiger partial charge in [0.1, 0.15) is 0 Å². The van der Waals surface area contributed by atoms with Crippen molar-refractivity contribution in [3.8, 4) is 0 Å². The third-order valence-corrected chi connectivity index (χ3v) is 5.92. The van der Waals surface area contributed by atoms with E-state index in [2.05, 4.69) is 25.4 Å². The van der Waals surface area contributed by atoms with E-state index in [0.29, 0.717) is 18.0 Å². The van der Waals surface area contributed by atoms with Crippen LogP contribution in [0.4, 0.5) is 0 Å². The fourth-order valence-electron chi connectivity index (χ4n) is 2.43. The van der Waals surface area contributed by atoms with E-state index in [1.165, 1.54) is 36.6 Å². The van der Waals surface area contributed by atoms with E-state index in [4.69, 9.17) is 4.99 Å². The van der Waals surface area contributed by atoms with E-state index >= 15 is 0 Å². The highest BCUT2D eigenvalue weighted by molar-refractivity contribution is 8.14. The molecule has 2 aliphatic rings. The minimum atomic E-state index is 0.532. The molecule has 1 saturated carbocycles.